The molecule has 0 spiro atoms. The third-order valence-electron chi connectivity index (χ3n) is 8.63. The normalized spacial score (nSPS) is 11.5. The summed E-state index contributed by atoms with van der Waals surface area (Å²) in [5.74, 6) is -0.207. The molecule has 0 fully saturated rings. The fourth-order valence-corrected chi connectivity index (χ4v) is 5.98. The first-order valence-electron chi connectivity index (χ1n) is 15.2. The van der Waals surface area contributed by atoms with E-state index in [0.717, 1.165) is 0 Å². The topological polar surface area (TPSA) is 150 Å². The first kappa shape index (κ1) is 38.9. The van der Waals surface area contributed by atoms with Crippen molar-refractivity contribution in [3.05, 3.63) is 34.9 Å². The van der Waals surface area contributed by atoms with Crippen molar-refractivity contribution in [2.45, 2.75) is 52.1 Å². The van der Waals surface area contributed by atoms with Crippen LogP contribution in [-0.4, -0.2) is 81.4 Å². The number of aliphatic hydroxyl groups is 1. The number of carbonyl (C=O) groups excluding carboxylic acids is 1. The first-order chi connectivity index (χ1) is 23.1. The van der Waals surface area contributed by atoms with Crippen LogP contribution >= 0.6 is 0 Å². The minimum absolute atomic E-state index is 0.00162. The molecule has 0 heterocycles. The van der Waals surface area contributed by atoms with Gasteiger partial charge in [0.1, 0.15) is 5.56 Å². The monoisotopic (exact) mass is 704 g/mol. The minimum Gasteiger partial charge on any atom is -0.504 e. The van der Waals surface area contributed by atoms with E-state index in [9.17, 15) is 15.0 Å². The number of esters is 1. The van der Waals surface area contributed by atoms with Gasteiger partial charge in [-0.1, -0.05) is 20.8 Å². The maximum Gasteiger partial charge on any atom is 0.341 e. The number of phenols is 1. The average molecular weight is 705 g/mol. The Bertz CT molecular complexity index is 1660. The van der Waals surface area contributed by atoms with Crippen LogP contribution in [0.4, 0.5) is 0 Å². The van der Waals surface area contributed by atoms with Gasteiger partial charge in [0.15, 0.2) is 42.8 Å². The Morgan fingerprint density at radius 3 is 1.63 bits per heavy atom. The van der Waals surface area contributed by atoms with E-state index < -0.39 is 20.9 Å². The van der Waals surface area contributed by atoms with Crippen LogP contribution in [0.1, 0.15) is 42.3 Å². The van der Waals surface area contributed by atoms with Gasteiger partial charge in [0, 0.05) is 17.2 Å². The molecule has 0 aliphatic carbocycles. The molecule has 2 N–H and O–H groups in total. The summed E-state index contributed by atoms with van der Waals surface area (Å²) >= 11 is 0. The van der Waals surface area contributed by atoms with Crippen LogP contribution in [0.3, 0.4) is 0 Å². The van der Waals surface area contributed by atoms with Gasteiger partial charge in [0.25, 0.3) is 0 Å². The second kappa shape index (κ2) is 15.8. The number of aliphatic hydroxyl groups excluding tert-OH is 1. The Hall–Kier alpha value is -4.53. The van der Waals surface area contributed by atoms with E-state index in [1.807, 2.05) is 0 Å². The molecule has 0 saturated carbocycles. The highest BCUT2D eigenvalue weighted by Crippen LogP contribution is 2.56. The van der Waals surface area contributed by atoms with Crippen molar-refractivity contribution in [3.63, 3.8) is 0 Å². The van der Waals surface area contributed by atoms with Crippen LogP contribution in [0.25, 0.3) is 11.1 Å². The van der Waals surface area contributed by atoms with Crippen LogP contribution in [0.15, 0.2) is 18.2 Å². The van der Waals surface area contributed by atoms with Gasteiger partial charge in [-0.2, -0.15) is 0 Å². The van der Waals surface area contributed by atoms with Crippen LogP contribution in [-0.2, 0) is 22.4 Å². The quantitative estimate of drug-likeness (QED) is 0.128. The molecule has 3 aromatic carbocycles. The Balaban J connectivity index is 2.51. The zero-order chi connectivity index (χ0) is 36.8. The lowest BCUT2D eigenvalue weighted by molar-refractivity contribution is 0.0596. The molecule has 0 unspecified atom stereocenters. The maximum absolute atomic E-state index is 13.0. The van der Waals surface area contributed by atoms with Gasteiger partial charge in [-0.05, 0) is 41.4 Å². The number of rotatable bonds is 15. The van der Waals surface area contributed by atoms with Crippen LogP contribution in [0.5, 0.6) is 57.5 Å². The molecule has 270 valence electrons. The first-order valence-corrected chi connectivity index (χ1v) is 18.1. The number of methoxy groups -OCH3 is 8. The van der Waals surface area contributed by atoms with E-state index in [4.69, 9.17) is 47.1 Å². The average Bonchev–Trinajstić information content (AvgIpc) is 3.08. The van der Waals surface area contributed by atoms with Crippen LogP contribution in [0.2, 0.25) is 18.1 Å². The number of aromatic hydroxyl groups is 1. The van der Waals surface area contributed by atoms with Gasteiger partial charge < -0.3 is 57.3 Å². The molecule has 3 rings (SSSR count). The van der Waals surface area contributed by atoms with Gasteiger partial charge in [0.05, 0.1) is 70.1 Å². The number of phenolic OH excluding ortho intramolecular Hbond substituents is 1. The lowest BCUT2D eigenvalue weighted by Crippen LogP contribution is -2.40. The van der Waals surface area contributed by atoms with E-state index in [-0.39, 0.29) is 74.5 Å². The van der Waals surface area contributed by atoms with Gasteiger partial charge in [-0.3, -0.25) is 0 Å². The fourth-order valence-electron chi connectivity index (χ4n) is 5.03. The Morgan fingerprint density at radius 1 is 0.653 bits per heavy atom. The summed E-state index contributed by atoms with van der Waals surface area (Å²) in [7, 11) is 8.76. The van der Waals surface area contributed by atoms with E-state index in [1.165, 1.54) is 62.9 Å². The second-order valence-corrected chi connectivity index (χ2v) is 17.1. The molecule has 13 nitrogen and oxygen atoms in total. The second-order valence-electron chi connectivity index (χ2n) is 12.3. The molecular weight excluding hydrogens is 656 g/mol. The van der Waals surface area contributed by atoms with E-state index in [2.05, 4.69) is 33.9 Å². The van der Waals surface area contributed by atoms with Crippen molar-refractivity contribution in [3.8, 4) is 68.6 Å². The number of benzene rings is 3. The number of hydrogen-bond donors (Lipinski definition) is 2. The van der Waals surface area contributed by atoms with E-state index in [1.54, 1.807) is 12.1 Å². The van der Waals surface area contributed by atoms with Gasteiger partial charge in [0.2, 0.25) is 23.0 Å². The highest BCUT2D eigenvalue weighted by molar-refractivity contribution is 6.74. The molecule has 3 aromatic rings. The Labute approximate surface area is 288 Å². The maximum atomic E-state index is 13.0. The molecule has 0 amide bonds. The summed E-state index contributed by atoms with van der Waals surface area (Å²) in [6.45, 7) is 10.1. The number of hydrogen-bond acceptors (Lipinski definition) is 13. The lowest BCUT2D eigenvalue weighted by atomic mass is 9.92. The van der Waals surface area contributed by atoms with Gasteiger partial charge in [-0.15, -0.1) is 0 Å². The highest BCUT2D eigenvalue weighted by Gasteiger charge is 2.38. The van der Waals surface area contributed by atoms with E-state index in [0.29, 0.717) is 22.4 Å². The summed E-state index contributed by atoms with van der Waals surface area (Å²) in [6, 6.07) is 4.62. The fraction of sp³-hybridized carbons (Fsp3) is 0.457. The smallest absolute Gasteiger partial charge is 0.341 e. The molecular formula is C35H48O13Si. The van der Waals surface area contributed by atoms with Crippen molar-refractivity contribution < 1.29 is 62.1 Å². The zero-order valence-corrected chi connectivity index (χ0v) is 31.5. The third kappa shape index (κ3) is 7.40. The number of carbonyl (C=O) groups is 1. The molecule has 0 aromatic heterocycles. The van der Waals surface area contributed by atoms with Crippen molar-refractivity contribution in [2.75, 3.05) is 56.9 Å². The predicted molar refractivity (Wildman–Crippen MR) is 185 cm³/mol. The SMILES string of the molecule is COC(=O)c1cc(OC)c(OC)c(OC)c1Oc1cc(CO[Si](C)(C)C(C)(C)C)c(-c2c(CO)cc(OC)c(OC)c2OC)c(O)c1OC. The molecule has 14 heteroatoms. The molecule has 0 radical (unpaired) electrons. The number of ether oxygens (including phenoxy) is 9. The zero-order valence-electron chi connectivity index (χ0n) is 30.5. The van der Waals surface area contributed by atoms with Crippen LogP contribution in [0, 0.1) is 0 Å². The van der Waals surface area contributed by atoms with Crippen molar-refractivity contribution in [1.82, 2.24) is 0 Å². The molecule has 49 heavy (non-hydrogen) atoms. The summed E-state index contributed by atoms with van der Waals surface area (Å²) in [5, 5.41) is 22.5. The molecule has 0 aliphatic heterocycles. The highest BCUT2D eigenvalue weighted by atomic mass is 28.4. The lowest BCUT2D eigenvalue weighted by Gasteiger charge is -2.36. The van der Waals surface area contributed by atoms with Gasteiger partial charge >= 0.3 is 5.97 Å². The standard InChI is InChI=1S/C35H48O13Si/c1-35(2,3)49(12,13)47-18-20-15-24(48-28-21(34(38)46-11)16-23(40-5)31(43-8)33(28)45-10)29(41-6)27(37)25(20)26-19(17-36)14-22(39-4)30(42-7)32(26)44-9/h14-16,36-37H,17-18H2,1-13H3. The van der Waals surface area contributed by atoms with Crippen molar-refractivity contribution in [1.29, 1.82) is 0 Å². The molecule has 0 aliphatic rings. The molecule has 0 bridgehead atoms. The Morgan fingerprint density at radius 2 is 1.16 bits per heavy atom. The molecule has 0 saturated heterocycles. The summed E-state index contributed by atoms with van der Waals surface area (Å²) in [5.41, 5.74) is 1.31. The van der Waals surface area contributed by atoms with Crippen LogP contribution < -0.4 is 37.9 Å². The van der Waals surface area contributed by atoms with Crippen molar-refractivity contribution >= 4 is 14.3 Å². The minimum atomic E-state index is -2.38. The van der Waals surface area contributed by atoms with E-state index >= 15 is 0 Å². The van der Waals surface area contributed by atoms with Gasteiger partial charge in [-0.25, -0.2) is 4.79 Å². The molecule has 0 atom stereocenters. The summed E-state index contributed by atoms with van der Waals surface area (Å²) < 4.78 is 57.5. The largest absolute Gasteiger partial charge is 0.504 e. The predicted octanol–water partition coefficient (Wildman–Crippen LogP) is 6.71. The summed E-state index contributed by atoms with van der Waals surface area (Å²) in [6.07, 6.45) is 0. The van der Waals surface area contributed by atoms with Crippen molar-refractivity contribution in [2.24, 2.45) is 0 Å². The Kier molecular flexibility index (Phi) is 12.5. The third-order valence-corrected chi connectivity index (χ3v) is 13.1. The summed E-state index contributed by atoms with van der Waals surface area (Å²) in [4.78, 5) is 13.0.